The molecular formula is C22H17ClN2O2S. The lowest BCUT2D eigenvalue weighted by molar-refractivity contribution is 0.104. The first-order valence-electron chi connectivity index (χ1n) is 8.62. The SMILES string of the molecule is COc1cccc(C(=O)c2sc3nc(C)cc(-c4ccc(Cl)cc4)c3c2N)c1. The van der Waals surface area contributed by atoms with Crippen LogP contribution < -0.4 is 10.5 Å². The topological polar surface area (TPSA) is 65.2 Å². The number of methoxy groups -OCH3 is 1. The first-order chi connectivity index (χ1) is 13.5. The summed E-state index contributed by atoms with van der Waals surface area (Å²) >= 11 is 7.34. The number of benzene rings is 2. The van der Waals surface area contributed by atoms with E-state index in [9.17, 15) is 4.79 Å². The largest absolute Gasteiger partial charge is 0.497 e. The molecule has 0 amide bonds. The van der Waals surface area contributed by atoms with Crippen LogP contribution in [0.2, 0.25) is 5.02 Å². The number of hydrogen-bond donors (Lipinski definition) is 1. The van der Waals surface area contributed by atoms with E-state index in [-0.39, 0.29) is 5.78 Å². The number of nitrogens with zero attached hydrogens (tertiary/aromatic N) is 1. The second-order valence-corrected chi connectivity index (χ2v) is 7.84. The highest BCUT2D eigenvalue weighted by molar-refractivity contribution is 7.21. The molecule has 6 heteroatoms. The number of rotatable bonds is 4. The molecule has 0 radical (unpaired) electrons. The molecule has 2 aromatic heterocycles. The van der Waals surface area contributed by atoms with Crippen molar-refractivity contribution in [2.24, 2.45) is 0 Å². The molecule has 0 saturated heterocycles. The Hall–Kier alpha value is -2.89. The molecule has 0 spiro atoms. The number of halogens is 1. The molecule has 0 aliphatic heterocycles. The number of nitrogens with two attached hydrogens (primary N) is 1. The minimum atomic E-state index is -0.140. The molecule has 0 unspecified atom stereocenters. The molecule has 4 aromatic rings. The summed E-state index contributed by atoms with van der Waals surface area (Å²) in [5.74, 6) is 0.487. The average Bonchev–Trinajstić information content (AvgIpc) is 3.03. The van der Waals surface area contributed by atoms with E-state index in [1.807, 2.05) is 37.3 Å². The van der Waals surface area contributed by atoms with E-state index in [2.05, 4.69) is 4.98 Å². The van der Waals surface area contributed by atoms with Crippen LogP contribution >= 0.6 is 22.9 Å². The van der Waals surface area contributed by atoms with Gasteiger partial charge in [-0.1, -0.05) is 35.9 Å². The highest BCUT2D eigenvalue weighted by Crippen LogP contribution is 2.40. The summed E-state index contributed by atoms with van der Waals surface area (Å²) in [6.07, 6.45) is 0. The Morgan fingerprint density at radius 3 is 2.61 bits per heavy atom. The van der Waals surface area contributed by atoms with Crippen LogP contribution in [0.25, 0.3) is 21.3 Å². The highest BCUT2D eigenvalue weighted by Gasteiger charge is 2.22. The molecule has 0 fully saturated rings. The Kier molecular flexibility index (Phi) is 4.79. The Balaban J connectivity index is 1.90. The average molecular weight is 409 g/mol. The maximum atomic E-state index is 13.1. The Morgan fingerprint density at radius 2 is 1.89 bits per heavy atom. The number of aromatic nitrogens is 1. The number of ether oxygens (including phenoxy) is 1. The van der Waals surface area contributed by atoms with Crippen LogP contribution in [0.1, 0.15) is 20.9 Å². The molecular weight excluding hydrogens is 392 g/mol. The van der Waals surface area contributed by atoms with Gasteiger partial charge in [0.25, 0.3) is 0 Å². The third-order valence-corrected chi connectivity index (χ3v) is 5.87. The second kappa shape index (κ2) is 7.26. The molecule has 2 heterocycles. The Bertz CT molecular complexity index is 1200. The van der Waals surface area contributed by atoms with E-state index in [0.29, 0.717) is 26.9 Å². The van der Waals surface area contributed by atoms with Gasteiger partial charge in [-0.25, -0.2) is 4.98 Å². The summed E-state index contributed by atoms with van der Waals surface area (Å²) in [5.41, 5.74) is 10.2. The van der Waals surface area contributed by atoms with Crippen LogP contribution in [0.4, 0.5) is 5.69 Å². The van der Waals surface area contributed by atoms with E-state index in [4.69, 9.17) is 22.1 Å². The van der Waals surface area contributed by atoms with Crippen molar-refractivity contribution >= 4 is 44.6 Å². The third kappa shape index (κ3) is 3.23. The van der Waals surface area contributed by atoms with Crippen molar-refractivity contribution < 1.29 is 9.53 Å². The Labute approximate surface area is 171 Å². The second-order valence-electron chi connectivity index (χ2n) is 6.40. The minimum Gasteiger partial charge on any atom is -0.497 e. The Morgan fingerprint density at radius 1 is 1.14 bits per heavy atom. The molecule has 4 rings (SSSR count). The maximum Gasteiger partial charge on any atom is 0.205 e. The van der Waals surface area contributed by atoms with Crippen molar-refractivity contribution in [1.82, 2.24) is 4.98 Å². The van der Waals surface area contributed by atoms with Crippen molar-refractivity contribution in [3.63, 3.8) is 0 Å². The van der Waals surface area contributed by atoms with Crippen LogP contribution in [0.5, 0.6) is 5.75 Å². The number of carbonyl (C=O) groups is 1. The third-order valence-electron chi connectivity index (χ3n) is 4.52. The zero-order chi connectivity index (χ0) is 19.8. The number of pyridine rings is 1. The van der Waals surface area contributed by atoms with Gasteiger partial charge in [-0.2, -0.15) is 0 Å². The molecule has 0 bridgehead atoms. The number of aryl methyl sites for hydroxylation is 1. The monoisotopic (exact) mass is 408 g/mol. The molecule has 140 valence electrons. The predicted molar refractivity (Wildman–Crippen MR) is 116 cm³/mol. The summed E-state index contributed by atoms with van der Waals surface area (Å²) in [7, 11) is 1.57. The smallest absolute Gasteiger partial charge is 0.205 e. The lowest BCUT2D eigenvalue weighted by Crippen LogP contribution is -2.02. The van der Waals surface area contributed by atoms with Gasteiger partial charge in [0.1, 0.15) is 15.5 Å². The molecule has 2 aromatic carbocycles. The van der Waals surface area contributed by atoms with Crippen LogP contribution in [-0.4, -0.2) is 17.9 Å². The fraction of sp³-hybridized carbons (Fsp3) is 0.0909. The quantitative estimate of drug-likeness (QED) is 0.437. The highest BCUT2D eigenvalue weighted by atomic mass is 35.5. The molecule has 4 nitrogen and oxygen atoms in total. The lowest BCUT2D eigenvalue weighted by Gasteiger charge is -2.07. The van der Waals surface area contributed by atoms with E-state index < -0.39 is 0 Å². The zero-order valence-corrected chi connectivity index (χ0v) is 16.9. The van der Waals surface area contributed by atoms with Crippen LogP contribution in [0.15, 0.2) is 54.6 Å². The molecule has 2 N–H and O–H groups in total. The normalized spacial score (nSPS) is 11.0. The molecule has 0 saturated carbocycles. The number of nitrogen functional groups attached to an aromatic ring is 1. The van der Waals surface area contributed by atoms with E-state index in [1.54, 1.807) is 31.4 Å². The summed E-state index contributed by atoms with van der Waals surface area (Å²) in [5, 5.41) is 1.46. The predicted octanol–water partition coefficient (Wildman–Crippen LogP) is 5.75. The lowest BCUT2D eigenvalue weighted by atomic mass is 10.0. The summed E-state index contributed by atoms with van der Waals surface area (Å²) in [6.45, 7) is 1.93. The van der Waals surface area contributed by atoms with Gasteiger partial charge < -0.3 is 10.5 Å². The van der Waals surface area contributed by atoms with Crippen molar-refractivity contribution in [3.05, 3.63) is 75.8 Å². The van der Waals surface area contributed by atoms with Gasteiger partial charge in [0.15, 0.2) is 0 Å². The van der Waals surface area contributed by atoms with Gasteiger partial charge in [-0.05, 0) is 48.4 Å². The number of ketones is 1. The van der Waals surface area contributed by atoms with Crippen molar-refractivity contribution in [2.45, 2.75) is 6.92 Å². The number of thiophene rings is 1. The van der Waals surface area contributed by atoms with Gasteiger partial charge >= 0.3 is 0 Å². The number of carbonyl (C=O) groups excluding carboxylic acids is 1. The number of fused-ring (bicyclic) bond motifs is 1. The number of hydrogen-bond acceptors (Lipinski definition) is 5. The van der Waals surface area contributed by atoms with Crippen molar-refractivity contribution in [3.8, 4) is 16.9 Å². The van der Waals surface area contributed by atoms with E-state index in [0.717, 1.165) is 27.0 Å². The van der Waals surface area contributed by atoms with Crippen LogP contribution in [0, 0.1) is 6.92 Å². The van der Waals surface area contributed by atoms with Gasteiger partial charge in [-0.15, -0.1) is 11.3 Å². The van der Waals surface area contributed by atoms with Crippen LogP contribution in [-0.2, 0) is 0 Å². The zero-order valence-electron chi connectivity index (χ0n) is 15.3. The molecule has 0 atom stereocenters. The summed E-state index contributed by atoms with van der Waals surface area (Å²) in [4.78, 5) is 18.9. The van der Waals surface area contributed by atoms with Crippen molar-refractivity contribution in [1.29, 1.82) is 0 Å². The first-order valence-corrected chi connectivity index (χ1v) is 9.81. The summed E-state index contributed by atoms with van der Waals surface area (Å²) < 4.78 is 5.23. The van der Waals surface area contributed by atoms with Crippen molar-refractivity contribution in [2.75, 3.05) is 12.8 Å². The van der Waals surface area contributed by atoms with Gasteiger partial charge in [-0.3, -0.25) is 4.79 Å². The molecule has 28 heavy (non-hydrogen) atoms. The fourth-order valence-electron chi connectivity index (χ4n) is 3.17. The number of anilines is 1. The summed E-state index contributed by atoms with van der Waals surface area (Å²) in [6, 6.07) is 16.6. The van der Waals surface area contributed by atoms with Gasteiger partial charge in [0.2, 0.25) is 5.78 Å². The minimum absolute atomic E-state index is 0.140. The maximum absolute atomic E-state index is 13.1. The van der Waals surface area contributed by atoms with Gasteiger partial charge in [0.05, 0.1) is 12.8 Å². The molecule has 0 aliphatic carbocycles. The fourth-order valence-corrected chi connectivity index (χ4v) is 4.42. The standard InChI is InChI=1S/C22H17ClN2O2S/c1-12-10-17(13-6-8-15(23)9-7-13)18-19(24)21(28-22(18)25-12)20(26)14-4-3-5-16(11-14)27-2/h3-11H,24H2,1-2H3. The molecule has 0 aliphatic rings. The van der Waals surface area contributed by atoms with Crippen LogP contribution in [0.3, 0.4) is 0 Å². The van der Waals surface area contributed by atoms with Gasteiger partial charge in [0, 0.05) is 21.7 Å². The van der Waals surface area contributed by atoms with E-state index >= 15 is 0 Å². The van der Waals surface area contributed by atoms with E-state index in [1.165, 1.54) is 11.3 Å². The first kappa shape index (κ1) is 18.5.